The van der Waals surface area contributed by atoms with Gasteiger partial charge in [-0.15, -0.1) is 11.8 Å². The van der Waals surface area contributed by atoms with E-state index in [4.69, 9.17) is 33.7 Å². The molecule has 0 atom stereocenters. The molecule has 0 amide bonds. The molecule has 0 aliphatic rings. The molecule has 5 heteroatoms. The van der Waals surface area contributed by atoms with Crippen molar-refractivity contribution in [2.45, 2.75) is 11.3 Å². The summed E-state index contributed by atoms with van der Waals surface area (Å²) in [4.78, 5) is 1.23. The molecule has 2 N–H and O–H groups in total. The highest BCUT2D eigenvalue weighted by Gasteiger charge is 2.10. The van der Waals surface area contributed by atoms with Crippen LogP contribution in [0, 0.1) is 0 Å². The molecule has 0 aliphatic carbocycles. The molecule has 0 bridgehead atoms. The summed E-state index contributed by atoms with van der Waals surface area (Å²) in [5.41, 5.74) is 6.57. The van der Waals surface area contributed by atoms with E-state index < -0.39 is 0 Å². The van der Waals surface area contributed by atoms with Gasteiger partial charge in [-0.05, 0) is 42.8 Å². The molecule has 0 heterocycles. The fourth-order valence-corrected chi connectivity index (χ4v) is 3.28. The first kappa shape index (κ1) is 16.5. The Balaban J connectivity index is 1.93. The third-order valence-electron chi connectivity index (χ3n) is 2.84. The van der Waals surface area contributed by atoms with Gasteiger partial charge in [0.05, 0.1) is 11.6 Å². The fourth-order valence-electron chi connectivity index (χ4n) is 1.94. The van der Waals surface area contributed by atoms with E-state index in [1.807, 2.05) is 24.3 Å². The van der Waals surface area contributed by atoms with E-state index in [1.165, 1.54) is 4.90 Å². The Kier molecular flexibility index (Phi) is 6.71. The first-order valence-corrected chi connectivity index (χ1v) is 8.43. The molecule has 0 saturated carbocycles. The smallest absolute Gasteiger partial charge is 0.141 e. The average Bonchev–Trinajstić information content (AvgIpc) is 2.47. The summed E-state index contributed by atoms with van der Waals surface area (Å²) < 4.78 is 5.83. The van der Waals surface area contributed by atoms with Crippen LogP contribution in [-0.4, -0.2) is 18.9 Å². The Hall–Kier alpha value is -0.870. The number of benzene rings is 2. The van der Waals surface area contributed by atoms with Gasteiger partial charge in [0.1, 0.15) is 5.75 Å². The first-order valence-electron chi connectivity index (χ1n) is 6.69. The normalized spacial score (nSPS) is 10.6. The molecular weight excluding hydrogens is 325 g/mol. The maximum absolute atomic E-state index is 6.21. The second kappa shape index (κ2) is 8.54. The SMILES string of the molecule is NCCc1cc(Cl)cc(Cl)c1OCCSc1ccccc1. The first-order chi connectivity index (χ1) is 10.2. The van der Waals surface area contributed by atoms with E-state index in [9.17, 15) is 0 Å². The van der Waals surface area contributed by atoms with E-state index >= 15 is 0 Å². The molecule has 0 saturated heterocycles. The van der Waals surface area contributed by atoms with Crippen molar-refractivity contribution in [2.75, 3.05) is 18.9 Å². The van der Waals surface area contributed by atoms with Crippen LogP contribution in [0.25, 0.3) is 0 Å². The van der Waals surface area contributed by atoms with Gasteiger partial charge in [0.2, 0.25) is 0 Å². The molecule has 2 aromatic carbocycles. The maximum atomic E-state index is 6.21. The molecule has 0 unspecified atom stereocenters. The Bertz CT molecular complexity index is 578. The number of thioether (sulfide) groups is 1. The molecular formula is C16H17Cl2NOS. The van der Waals surface area contributed by atoms with E-state index in [2.05, 4.69) is 12.1 Å². The lowest BCUT2D eigenvalue weighted by Crippen LogP contribution is -2.07. The number of ether oxygens (including phenoxy) is 1. The molecule has 0 aliphatic heterocycles. The maximum Gasteiger partial charge on any atom is 0.141 e. The number of hydrogen-bond acceptors (Lipinski definition) is 3. The summed E-state index contributed by atoms with van der Waals surface area (Å²) in [7, 11) is 0. The van der Waals surface area contributed by atoms with E-state index in [1.54, 1.807) is 17.8 Å². The molecule has 0 aromatic heterocycles. The lowest BCUT2D eigenvalue weighted by molar-refractivity contribution is 0.340. The van der Waals surface area contributed by atoms with Crippen LogP contribution in [-0.2, 0) is 6.42 Å². The second-order valence-electron chi connectivity index (χ2n) is 4.42. The molecule has 112 valence electrons. The van der Waals surface area contributed by atoms with Crippen molar-refractivity contribution in [1.82, 2.24) is 0 Å². The Labute approximate surface area is 139 Å². The van der Waals surface area contributed by atoms with E-state index in [0.29, 0.717) is 35.4 Å². The van der Waals surface area contributed by atoms with E-state index in [-0.39, 0.29) is 0 Å². The summed E-state index contributed by atoms with van der Waals surface area (Å²) in [6.45, 7) is 1.12. The van der Waals surface area contributed by atoms with Gasteiger partial charge >= 0.3 is 0 Å². The van der Waals surface area contributed by atoms with Gasteiger partial charge in [-0.25, -0.2) is 0 Å². The van der Waals surface area contributed by atoms with Crippen molar-refractivity contribution in [3.63, 3.8) is 0 Å². The summed E-state index contributed by atoms with van der Waals surface area (Å²) in [5.74, 6) is 1.55. The number of rotatable bonds is 7. The van der Waals surface area contributed by atoms with Crippen molar-refractivity contribution in [3.8, 4) is 5.75 Å². The zero-order valence-corrected chi connectivity index (χ0v) is 13.8. The molecule has 0 fully saturated rings. The third-order valence-corrected chi connectivity index (χ3v) is 4.32. The largest absolute Gasteiger partial charge is 0.491 e. The summed E-state index contributed by atoms with van der Waals surface area (Å²) in [5, 5.41) is 1.14. The molecule has 21 heavy (non-hydrogen) atoms. The summed E-state index contributed by atoms with van der Waals surface area (Å²) >= 11 is 14.0. The highest BCUT2D eigenvalue weighted by molar-refractivity contribution is 7.99. The van der Waals surface area contributed by atoms with Gasteiger partial charge in [0.25, 0.3) is 0 Å². The topological polar surface area (TPSA) is 35.2 Å². The Morgan fingerprint density at radius 2 is 1.86 bits per heavy atom. The average molecular weight is 342 g/mol. The highest BCUT2D eigenvalue weighted by atomic mass is 35.5. The van der Waals surface area contributed by atoms with Crippen molar-refractivity contribution in [3.05, 3.63) is 58.1 Å². The predicted octanol–water partition coefficient (Wildman–Crippen LogP) is 4.67. The molecule has 0 radical (unpaired) electrons. The standard InChI is InChI=1S/C16H17Cl2NOS/c17-13-10-12(6-7-19)16(15(18)11-13)20-8-9-21-14-4-2-1-3-5-14/h1-5,10-11H,6-9,19H2. The van der Waals surface area contributed by atoms with Crippen molar-refractivity contribution in [1.29, 1.82) is 0 Å². The quantitative estimate of drug-likeness (QED) is 0.587. The van der Waals surface area contributed by atoms with Gasteiger partial charge in [-0.3, -0.25) is 0 Å². The Morgan fingerprint density at radius 1 is 1.10 bits per heavy atom. The van der Waals surface area contributed by atoms with Crippen LogP contribution in [0.4, 0.5) is 0 Å². The summed E-state index contributed by atoms with van der Waals surface area (Å²) in [6.07, 6.45) is 0.696. The van der Waals surface area contributed by atoms with Crippen LogP contribution in [0.3, 0.4) is 0 Å². The number of hydrogen-bond donors (Lipinski definition) is 1. The summed E-state index contributed by atoms with van der Waals surface area (Å²) in [6, 6.07) is 13.8. The lowest BCUT2D eigenvalue weighted by Gasteiger charge is -2.13. The van der Waals surface area contributed by atoms with Crippen molar-refractivity contribution in [2.24, 2.45) is 5.73 Å². The van der Waals surface area contributed by atoms with Gasteiger partial charge in [0, 0.05) is 15.7 Å². The Morgan fingerprint density at radius 3 is 2.57 bits per heavy atom. The van der Waals surface area contributed by atoms with Gasteiger partial charge in [-0.1, -0.05) is 41.4 Å². The molecule has 2 rings (SSSR count). The second-order valence-corrected chi connectivity index (χ2v) is 6.44. The third kappa shape index (κ3) is 5.11. The minimum absolute atomic E-state index is 0.534. The lowest BCUT2D eigenvalue weighted by atomic mass is 10.1. The number of halogens is 2. The fraction of sp³-hybridized carbons (Fsp3) is 0.250. The highest BCUT2D eigenvalue weighted by Crippen LogP contribution is 2.33. The predicted molar refractivity (Wildman–Crippen MR) is 91.9 cm³/mol. The molecule has 2 nitrogen and oxygen atoms in total. The van der Waals surface area contributed by atoms with Crippen LogP contribution in [0.5, 0.6) is 5.75 Å². The van der Waals surface area contributed by atoms with Crippen LogP contribution in [0.2, 0.25) is 10.0 Å². The van der Waals surface area contributed by atoms with Gasteiger partial charge in [0.15, 0.2) is 0 Å². The van der Waals surface area contributed by atoms with Crippen molar-refractivity contribution >= 4 is 35.0 Å². The monoisotopic (exact) mass is 341 g/mol. The minimum Gasteiger partial charge on any atom is -0.491 e. The van der Waals surface area contributed by atoms with Crippen LogP contribution in [0.15, 0.2) is 47.4 Å². The zero-order chi connectivity index (χ0) is 15.1. The van der Waals surface area contributed by atoms with E-state index in [0.717, 1.165) is 11.3 Å². The molecule has 2 aromatic rings. The number of nitrogens with two attached hydrogens (primary N) is 1. The van der Waals surface area contributed by atoms with Gasteiger partial charge < -0.3 is 10.5 Å². The van der Waals surface area contributed by atoms with Crippen LogP contribution < -0.4 is 10.5 Å². The van der Waals surface area contributed by atoms with Gasteiger partial charge in [-0.2, -0.15) is 0 Å². The minimum atomic E-state index is 0.534. The molecule has 0 spiro atoms. The van der Waals surface area contributed by atoms with Crippen LogP contribution in [0.1, 0.15) is 5.56 Å². The van der Waals surface area contributed by atoms with Crippen molar-refractivity contribution < 1.29 is 4.74 Å². The van der Waals surface area contributed by atoms with Crippen LogP contribution >= 0.6 is 35.0 Å². The zero-order valence-electron chi connectivity index (χ0n) is 11.5.